The van der Waals surface area contributed by atoms with Gasteiger partial charge in [-0.05, 0) is 23.6 Å². The molecular weight excluding hydrogens is 288 g/mol. The molecule has 21 heavy (non-hydrogen) atoms. The average Bonchev–Trinajstić information content (AvgIpc) is 2.44. The molecular formula is C16H27FNO2P. The number of hydrogen-bond acceptors (Lipinski definition) is 3. The smallest absolute Gasteiger partial charge is 0.228 e. The average molecular weight is 315 g/mol. The van der Waals surface area contributed by atoms with Gasteiger partial charge in [0.1, 0.15) is 12.9 Å². The highest BCUT2D eigenvalue weighted by molar-refractivity contribution is 7.71. The van der Waals surface area contributed by atoms with Crippen LogP contribution in [0.3, 0.4) is 0 Å². The summed E-state index contributed by atoms with van der Waals surface area (Å²) in [6.45, 7) is 10.0. The second-order valence-corrected chi connectivity index (χ2v) is 9.93. The summed E-state index contributed by atoms with van der Waals surface area (Å²) in [4.78, 5) is 0. The summed E-state index contributed by atoms with van der Waals surface area (Å²) >= 11 is 0. The third kappa shape index (κ3) is 5.03. The van der Waals surface area contributed by atoms with E-state index in [-0.39, 0.29) is 5.41 Å². The first-order chi connectivity index (χ1) is 9.75. The van der Waals surface area contributed by atoms with Gasteiger partial charge < -0.3 is 14.6 Å². The van der Waals surface area contributed by atoms with Gasteiger partial charge in [0.2, 0.25) is 6.86 Å². The minimum absolute atomic E-state index is 0.105. The lowest BCUT2D eigenvalue weighted by Gasteiger charge is -2.22. The molecule has 0 radical (unpaired) electrons. The zero-order chi connectivity index (χ0) is 16.1. The van der Waals surface area contributed by atoms with E-state index in [1.165, 1.54) is 0 Å². The normalized spacial score (nSPS) is 12.3. The Kier molecular flexibility index (Phi) is 6.27. The van der Waals surface area contributed by atoms with Gasteiger partial charge in [0.05, 0.1) is 5.69 Å². The van der Waals surface area contributed by atoms with Crippen LogP contribution in [0.5, 0.6) is 5.75 Å². The van der Waals surface area contributed by atoms with Crippen molar-refractivity contribution in [2.75, 3.05) is 31.0 Å². The van der Waals surface area contributed by atoms with Crippen molar-refractivity contribution in [3.8, 4) is 5.75 Å². The van der Waals surface area contributed by atoms with Gasteiger partial charge in [-0.15, -0.1) is 0 Å². The molecule has 1 aromatic carbocycles. The maximum atomic E-state index is 12.8. The van der Waals surface area contributed by atoms with Crippen molar-refractivity contribution in [1.82, 2.24) is 0 Å². The van der Waals surface area contributed by atoms with Crippen LogP contribution in [-0.4, -0.2) is 25.7 Å². The topological polar surface area (TPSA) is 38.3 Å². The molecule has 0 spiro atoms. The lowest BCUT2D eigenvalue weighted by molar-refractivity contribution is 0.192. The maximum absolute atomic E-state index is 12.8. The molecule has 0 heterocycles. The van der Waals surface area contributed by atoms with Gasteiger partial charge in [-0.25, -0.2) is 4.39 Å². The van der Waals surface area contributed by atoms with Gasteiger partial charge in [0, 0.05) is 24.2 Å². The number of rotatable bonds is 7. The fourth-order valence-corrected chi connectivity index (χ4v) is 3.91. The Morgan fingerprint density at radius 1 is 1.24 bits per heavy atom. The zero-order valence-corrected chi connectivity index (χ0v) is 14.6. The Labute approximate surface area is 127 Å². The number of halogens is 1. The summed E-state index contributed by atoms with van der Waals surface area (Å²) in [6.07, 6.45) is 1.21. The molecule has 5 heteroatoms. The molecule has 0 aliphatic heterocycles. The summed E-state index contributed by atoms with van der Waals surface area (Å²) in [5.41, 5.74) is 0.846. The van der Waals surface area contributed by atoms with Crippen molar-refractivity contribution in [3.63, 3.8) is 0 Å². The second-order valence-electron chi connectivity index (χ2n) is 6.37. The van der Waals surface area contributed by atoms with Gasteiger partial charge in [-0.2, -0.15) is 0 Å². The van der Waals surface area contributed by atoms with E-state index < -0.39 is 14.0 Å². The molecule has 0 unspecified atom stereocenters. The molecule has 0 atom stereocenters. The number of anilines is 1. The molecule has 1 rings (SSSR count). The Morgan fingerprint density at radius 3 is 2.33 bits per heavy atom. The van der Waals surface area contributed by atoms with Crippen LogP contribution in [-0.2, 0) is 4.57 Å². The predicted molar refractivity (Wildman–Crippen MR) is 89.3 cm³/mol. The van der Waals surface area contributed by atoms with Gasteiger partial charge in [0.15, 0.2) is 0 Å². The van der Waals surface area contributed by atoms with E-state index >= 15 is 0 Å². The summed E-state index contributed by atoms with van der Waals surface area (Å²) in [5, 5.41) is 4.03. The molecule has 0 amide bonds. The second kappa shape index (κ2) is 7.31. The molecule has 0 bridgehead atoms. The zero-order valence-electron chi connectivity index (χ0n) is 13.7. The van der Waals surface area contributed by atoms with E-state index in [4.69, 9.17) is 4.74 Å². The van der Waals surface area contributed by atoms with E-state index in [1.54, 1.807) is 6.07 Å². The van der Waals surface area contributed by atoms with Crippen LogP contribution in [0.15, 0.2) is 18.2 Å². The maximum Gasteiger partial charge on any atom is 0.228 e. The Balaban J connectivity index is 3.10. The van der Waals surface area contributed by atoms with Crippen LogP contribution in [0.25, 0.3) is 0 Å². The Morgan fingerprint density at radius 2 is 1.86 bits per heavy atom. The van der Waals surface area contributed by atoms with Crippen LogP contribution in [0.4, 0.5) is 10.1 Å². The third-order valence-electron chi connectivity index (χ3n) is 3.48. The van der Waals surface area contributed by atoms with Crippen LogP contribution < -0.4 is 15.4 Å². The number of ether oxygens (including phenoxy) is 1. The first-order valence-corrected chi connectivity index (χ1v) is 9.49. The van der Waals surface area contributed by atoms with E-state index in [0.717, 1.165) is 17.5 Å². The molecule has 0 saturated heterocycles. The lowest BCUT2D eigenvalue weighted by atomic mass is 9.97. The standard InChI is InChI=1S/C16H27FNO2P/c1-6-21(19,7-2)13-8-9-14(15(10-13)20-12-17)18-11-16(3,4)5/h8-10,18H,6-7,11-12H2,1-5H3. The van der Waals surface area contributed by atoms with Crippen LogP contribution in [0.2, 0.25) is 0 Å². The van der Waals surface area contributed by atoms with Crippen LogP contribution >= 0.6 is 7.14 Å². The largest absolute Gasteiger partial charge is 0.461 e. The van der Waals surface area contributed by atoms with Crippen molar-refractivity contribution in [3.05, 3.63) is 18.2 Å². The van der Waals surface area contributed by atoms with Crippen molar-refractivity contribution in [1.29, 1.82) is 0 Å². The summed E-state index contributed by atoms with van der Waals surface area (Å²) < 4.78 is 30.5. The SMILES string of the molecule is CCP(=O)(CC)c1ccc(NCC(C)(C)C)c(OCF)c1. The summed E-state index contributed by atoms with van der Waals surface area (Å²) in [7, 11) is -2.39. The van der Waals surface area contributed by atoms with Gasteiger partial charge >= 0.3 is 0 Å². The van der Waals surface area contributed by atoms with Crippen LogP contribution in [0, 0.1) is 5.41 Å². The van der Waals surface area contributed by atoms with E-state index in [2.05, 4.69) is 26.1 Å². The fraction of sp³-hybridized carbons (Fsp3) is 0.625. The van der Waals surface area contributed by atoms with Gasteiger partial charge in [-0.1, -0.05) is 34.6 Å². The van der Waals surface area contributed by atoms with Crippen molar-refractivity contribution in [2.24, 2.45) is 5.41 Å². The molecule has 0 fully saturated rings. The highest BCUT2D eigenvalue weighted by Gasteiger charge is 2.22. The molecule has 120 valence electrons. The van der Waals surface area contributed by atoms with E-state index in [9.17, 15) is 8.96 Å². The van der Waals surface area contributed by atoms with Crippen molar-refractivity contribution < 1.29 is 13.7 Å². The molecule has 1 N–H and O–H groups in total. The molecule has 3 nitrogen and oxygen atoms in total. The monoisotopic (exact) mass is 315 g/mol. The number of alkyl halides is 1. The highest BCUT2D eigenvalue weighted by atomic mass is 31.2. The third-order valence-corrected chi connectivity index (χ3v) is 6.74. The van der Waals surface area contributed by atoms with Crippen molar-refractivity contribution in [2.45, 2.75) is 34.6 Å². The molecule has 0 aliphatic carbocycles. The highest BCUT2D eigenvalue weighted by Crippen LogP contribution is 2.44. The molecule has 0 aliphatic rings. The predicted octanol–water partition coefficient (Wildman–Crippen LogP) is 4.48. The number of nitrogens with one attached hydrogen (secondary N) is 1. The minimum atomic E-state index is -2.39. The lowest BCUT2D eigenvalue weighted by Crippen LogP contribution is -2.20. The van der Waals surface area contributed by atoms with Gasteiger partial charge in [0.25, 0.3) is 0 Å². The van der Waals surface area contributed by atoms with E-state index in [1.807, 2.05) is 26.0 Å². The van der Waals surface area contributed by atoms with Crippen LogP contribution in [0.1, 0.15) is 34.6 Å². The van der Waals surface area contributed by atoms with E-state index in [0.29, 0.717) is 18.1 Å². The Hall–Kier alpha value is -1.02. The molecule has 1 aromatic rings. The quantitative estimate of drug-likeness (QED) is 0.754. The first kappa shape index (κ1) is 18.0. The number of hydrogen-bond donors (Lipinski definition) is 1. The number of benzene rings is 1. The summed E-state index contributed by atoms with van der Waals surface area (Å²) in [5.74, 6) is 0.432. The summed E-state index contributed by atoms with van der Waals surface area (Å²) in [6, 6.07) is 5.42. The Bertz CT molecular complexity index is 503. The first-order valence-electron chi connectivity index (χ1n) is 7.41. The fourth-order valence-electron chi connectivity index (χ4n) is 2.04. The molecule has 0 saturated carbocycles. The molecule has 0 aromatic heterocycles. The minimum Gasteiger partial charge on any atom is -0.461 e. The van der Waals surface area contributed by atoms with Crippen molar-refractivity contribution >= 4 is 18.1 Å². The van der Waals surface area contributed by atoms with Gasteiger partial charge in [-0.3, -0.25) is 0 Å².